The van der Waals surface area contributed by atoms with Crippen LogP contribution in [0, 0.1) is 0 Å². The molecule has 0 saturated carbocycles. The van der Waals surface area contributed by atoms with Crippen molar-refractivity contribution in [3.63, 3.8) is 0 Å². The van der Waals surface area contributed by atoms with E-state index in [2.05, 4.69) is 10.1 Å². The van der Waals surface area contributed by atoms with Crippen LogP contribution in [0.5, 0.6) is 0 Å². The third-order valence-electron chi connectivity index (χ3n) is 3.30. The molecule has 0 N–H and O–H groups in total. The van der Waals surface area contributed by atoms with Gasteiger partial charge in [0.15, 0.2) is 17.4 Å². The Kier molecular flexibility index (Phi) is 4.75. The molecule has 7 heteroatoms. The van der Waals surface area contributed by atoms with E-state index in [1.165, 1.54) is 0 Å². The Labute approximate surface area is 129 Å². The van der Waals surface area contributed by atoms with Crippen LogP contribution in [0.4, 0.5) is 11.6 Å². The van der Waals surface area contributed by atoms with E-state index >= 15 is 0 Å². The van der Waals surface area contributed by atoms with Crippen LogP contribution in [0.1, 0.15) is 12.8 Å². The van der Waals surface area contributed by atoms with Gasteiger partial charge in [-0.15, -0.1) is 5.10 Å². The molecule has 0 amide bonds. The summed E-state index contributed by atoms with van der Waals surface area (Å²) >= 11 is 0. The van der Waals surface area contributed by atoms with Gasteiger partial charge in [0, 0.05) is 33.8 Å². The van der Waals surface area contributed by atoms with Gasteiger partial charge in [0.25, 0.3) is 0 Å². The number of allylic oxidation sites excluding steroid dienone is 4. The molecule has 0 unspecified atom stereocenters. The molecule has 0 spiro atoms. The van der Waals surface area contributed by atoms with Crippen molar-refractivity contribution in [3.8, 4) is 0 Å². The van der Waals surface area contributed by atoms with E-state index in [4.69, 9.17) is 0 Å². The number of hydrogen-bond donors (Lipinski definition) is 0. The summed E-state index contributed by atoms with van der Waals surface area (Å²) in [6.45, 7) is -0.101. The summed E-state index contributed by atoms with van der Waals surface area (Å²) in [5.41, 5.74) is 0.103. The minimum absolute atomic E-state index is 0.101. The molecule has 0 saturated heterocycles. The van der Waals surface area contributed by atoms with Crippen molar-refractivity contribution in [2.24, 2.45) is 0 Å². The van der Waals surface area contributed by atoms with Gasteiger partial charge >= 0.3 is 5.69 Å². The highest BCUT2D eigenvalue weighted by molar-refractivity contribution is 5.97. The van der Waals surface area contributed by atoms with E-state index in [1.54, 1.807) is 30.0 Å². The Hall–Kier alpha value is -2.44. The average molecular weight is 303 g/mol. The van der Waals surface area contributed by atoms with Crippen molar-refractivity contribution in [2.75, 3.05) is 38.0 Å². The Morgan fingerprint density at radius 3 is 2.41 bits per heavy atom. The fraction of sp³-hybridized carbons (Fsp3) is 0.467. The van der Waals surface area contributed by atoms with E-state index in [1.807, 2.05) is 26.2 Å². The molecule has 0 bridgehead atoms. The molecule has 1 aliphatic rings. The summed E-state index contributed by atoms with van der Waals surface area (Å²) in [5.74, 6) is 0.899. The van der Waals surface area contributed by atoms with Crippen molar-refractivity contribution in [1.82, 2.24) is 14.8 Å². The molecular formula is C15H21N5O2. The summed E-state index contributed by atoms with van der Waals surface area (Å²) in [6, 6.07) is 0. The number of rotatable bonds is 5. The highest BCUT2D eigenvalue weighted by Gasteiger charge is 2.17. The second-order valence-corrected chi connectivity index (χ2v) is 5.55. The number of carbonyl (C=O) groups is 1. The number of nitrogens with zero attached hydrogens (tertiary/aromatic N) is 5. The van der Waals surface area contributed by atoms with E-state index < -0.39 is 5.69 Å². The Morgan fingerprint density at radius 2 is 1.86 bits per heavy atom. The maximum atomic E-state index is 12.2. The molecule has 2 rings (SSSR count). The highest BCUT2D eigenvalue weighted by Crippen LogP contribution is 2.18. The number of aromatic nitrogens is 3. The lowest BCUT2D eigenvalue weighted by molar-refractivity contribution is -0.116. The van der Waals surface area contributed by atoms with Crippen LogP contribution in [-0.4, -0.2) is 48.7 Å². The predicted octanol–water partition coefficient (Wildman–Crippen LogP) is 0.616. The van der Waals surface area contributed by atoms with Crippen LogP contribution in [0.2, 0.25) is 0 Å². The molecule has 1 heterocycles. The zero-order valence-corrected chi connectivity index (χ0v) is 13.4. The van der Waals surface area contributed by atoms with Gasteiger partial charge in [0.1, 0.15) is 6.54 Å². The van der Waals surface area contributed by atoms with Gasteiger partial charge < -0.3 is 9.80 Å². The quantitative estimate of drug-likeness (QED) is 0.794. The summed E-state index contributed by atoms with van der Waals surface area (Å²) in [6.07, 6.45) is 7.44. The number of Topliss-reactive ketones (excluding diaryl/α,β-unsaturated/α-hetero) is 1. The van der Waals surface area contributed by atoms with Crippen LogP contribution in [-0.2, 0) is 11.3 Å². The number of anilines is 2. The smallest absolute Gasteiger partial charge is 0.359 e. The summed E-state index contributed by atoms with van der Waals surface area (Å²) in [7, 11) is 7.23. The fourth-order valence-corrected chi connectivity index (χ4v) is 2.14. The first-order valence-corrected chi connectivity index (χ1v) is 7.14. The van der Waals surface area contributed by atoms with Crippen molar-refractivity contribution < 1.29 is 4.79 Å². The molecule has 1 aromatic rings. The molecule has 1 aromatic heterocycles. The van der Waals surface area contributed by atoms with Crippen LogP contribution in [0.3, 0.4) is 0 Å². The zero-order valence-electron chi connectivity index (χ0n) is 13.4. The van der Waals surface area contributed by atoms with E-state index in [0.29, 0.717) is 17.2 Å². The summed E-state index contributed by atoms with van der Waals surface area (Å²) in [4.78, 5) is 31.9. The summed E-state index contributed by atoms with van der Waals surface area (Å²) < 4.78 is 1.12. The maximum absolute atomic E-state index is 12.2. The first-order chi connectivity index (χ1) is 10.4. The second kappa shape index (κ2) is 6.55. The van der Waals surface area contributed by atoms with Gasteiger partial charge in [-0.25, -0.2) is 9.48 Å². The van der Waals surface area contributed by atoms with Gasteiger partial charge in [0.05, 0.1) is 0 Å². The van der Waals surface area contributed by atoms with Crippen molar-refractivity contribution in [2.45, 2.75) is 19.4 Å². The van der Waals surface area contributed by atoms with Crippen LogP contribution < -0.4 is 15.5 Å². The molecule has 0 aliphatic heterocycles. The van der Waals surface area contributed by atoms with Crippen molar-refractivity contribution in [1.29, 1.82) is 0 Å². The first-order valence-electron chi connectivity index (χ1n) is 7.14. The van der Waals surface area contributed by atoms with Crippen LogP contribution in [0.25, 0.3) is 0 Å². The minimum atomic E-state index is -0.525. The molecule has 118 valence electrons. The van der Waals surface area contributed by atoms with E-state index in [-0.39, 0.29) is 12.3 Å². The van der Waals surface area contributed by atoms with Gasteiger partial charge in [-0.05, 0) is 12.8 Å². The molecule has 1 aliphatic carbocycles. The Balaban J connectivity index is 2.33. The SMILES string of the molecule is CN(C)c1nc(=O)n(CC(=O)C2=CCCC=C2)nc1N(C)C. The van der Waals surface area contributed by atoms with Crippen molar-refractivity contribution >= 4 is 17.4 Å². The third-order valence-corrected chi connectivity index (χ3v) is 3.30. The maximum Gasteiger partial charge on any atom is 0.366 e. The molecule has 7 nitrogen and oxygen atoms in total. The number of ketones is 1. The normalized spacial score (nSPS) is 13.7. The second-order valence-electron chi connectivity index (χ2n) is 5.55. The fourth-order valence-electron chi connectivity index (χ4n) is 2.14. The standard InChI is InChI=1S/C15H21N5O2/c1-18(2)13-14(19(3)4)17-20(15(22)16-13)10-12(21)11-8-6-5-7-9-11/h6,8-9H,5,7,10H2,1-4H3. The first kappa shape index (κ1) is 15.9. The number of hydrogen-bond acceptors (Lipinski definition) is 6. The Bertz CT molecular complexity index is 686. The van der Waals surface area contributed by atoms with Gasteiger partial charge in [-0.1, -0.05) is 18.2 Å². The minimum Gasteiger partial charge on any atom is -0.359 e. The molecule has 0 radical (unpaired) electrons. The molecule has 0 fully saturated rings. The average Bonchev–Trinajstić information content (AvgIpc) is 2.49. The van der Waals surface area contributed by atoms with Gasteiger partial charge in [-0.2, -0.15) is 4.98 Å². The number of carbonyl (C=O) groups excluding carboxylic acids is 1. The monoisotopic (exact) mass is 303 g/mol. The lowest BCUT2D eigenvalue weighted by Gasteiger charge is -2.20. The largest absolute Gasteiger partial charge is 0.366 e. The van der Waals surface area contributed by atoms with Crippen LogP contribution in [0.15, 0.2) is 28.6 Å². The van der Waals surface area contributed by atoms with Gasteiger partial charge in [-0.3, -0.25) is 4.79 Å². The molecule has 22 heavy (non-hydrogen) atoms. The summed E-state index contributed by atoms with van der Waals surface area (Å²) in [5, 5.41) is 4.28. The van der Waals surface area contributed by atoms with E-state index in [0.717, 1.165) is 17.5 Å². The third kappa shape index (κ3) is 3.41. The lowest BCUT2D eigenvalue weighted by Crippen LogP contribution is -2.33. The highest BCUT2D eigenvalue weighted by atomic mass is 16.2. The van der Waals surface area contributed by atoms with Gasteiger partial charge in [0.2, 0.25) is 0 Å². The van der Waals surface area contributed by atoms with E-state index in [9.17, 15) is 9.59 Å². The van der Waals surface area contributed by atoms with Crippen LogP contribution >= 0.6 is 0 Å². The Morgan fingerprint density at radius 1 is 1.18 bits per heavy atom. The topological polar surface area (TPSA) is 71.3 Å². The molecular weight excluding hydrogens is 282 g/mol. The van der Waals surface area contributed by atoms with Crippen molar-refractivity contribution in [3.05, 3.63) is 34.3 Å². The predicted molar refractivity (Wildman–Crippen MR) is 86.4 cm³/mol. The zero-order chi connectivity index (χ0) is 16.3. The lowest BCUT2D eigenvalue weighted by atomic mass is 10.0. The molecule has 0 aromatic carbocycles. The molecule has 0 atom stereocenters.